The van der Waals surface area contributed by atoms with Crippen LogP contribution in [0.15, 0.2) is 406 Å². The van der Waals surface area contributed by atoms with Crippen molar-refractivity contribution in [3.8, 4) is 112 Å². The summed E-state index contributed by atoms with van der Waals surface area (Å²) in [5.41, 5.74) is 42.0. The molecule has 0 saturated carbocycles. The van der Waals surface area contributed by atoms with Crippen LogP contribution in [0.2, 0.25) is 0 Å². The fraction of sp³-hybridized carbons (Fsp3) is 0.0847. The van der Waals surface area contributed by atoms with Crippen LogP contribution in [0.5, 0.6) is 0 Å². The number of benzene rings is 18. The summed E-state index contributed by atoms with van der Waals surface area (Å²) in [4.78, 5) is 5.50. The second-order valence-electron chi connectivity index (χ2n) is 35.8. The third kappa shape index (κ3) is 12.9. The summed E-state index contributed by atoms with van der Waals surface area (Å²) in [6.45, 7) is 18.5. The number of aromatic nitrogens is 2. The van der Waals surface area contributed by atoms with Gasteiger partial charge in [-0.15, -0.1) is 0 Å². The van der Waals surface area contributed by atoms with E-state index in [4.69, 9.17) is 0 Å². The lowest BCUT2D eigenvalue weighted by atomic mass is 9.33. The van der Waals surface area contributed by atoms with Crippen molar-refractivity contribution >= 4 is 101 Å². The molecule has 0 aliphatic carbocycles. The van der Waals surface area contributed by atoms with Gasteiger partial charge in [0.15, 0.2) is 0 Å². The Hall–Kier alpha value is -14.8. The number of nitrogens with zero attached hydrogens (tertiary/aromatic N) is 4. The molecule has 5 heteroatoms. The van der Waals surface area contributed by atoms with E-state index in [1.54, 1.807) is 0 Å². The Balaban J connectivity index is 0.907. The van der Waals surface area contributed by atoms with Gasteiger partial charge in [0, 0.05) is 77.9 Å². The molecule has 0 saturated heterocycles. The van der Waals surface area contributed by atoms with Gasteiger partial charge in [-0.25, -0.2) is 0 Å². The Morgan fingerprint density at radius 3 is 0.829 bits per heavy atom. The largest absolute Gasteiger partial charge is 0.310 e. The molecule has 0 radical (unpaired) electrons. The van der Waals surface area contributed by atoms with Gasteiger partial charge in [-0.2, -0.15) is 0 Å². The number of hydrogen-bond donors (Lipinski definition) is 0. The molecular formula is C118H91BN4. The molecule has 0 bridgehead atoms. The number of rotatable bonds is 13. The first-order valence-corrected chi connectivity index (χ1v) is 43.2. The highest BCUT2D eigenvalue weighted by atomic mass is 15.2. The molecule has 123 heavy (non-hydrogen) atoms. The second-order valence-corrected chi connectivity index (χ2v) is 35.8. The predicted octanol–water partition coefficient (Wildman–Crippen LogP) is 30.2. The fourth-order valence-corrected chi connectivity index (χ4v) is 19.9. The second kappa shape index (κ2) is 29.6. The van der Waals surface area contributed by atoms with Crippen LogP contribution in [-0.2, 0) is 10.8 Å². The molecule has 0 fully saturated rings. The molecule has 4 nitrogen and oxygen atoms in total. The van der Waals surface area contributed by atoms with Gasteiger partial charge >= 0.3 is 0 Å². The molecule has 0 N–H and O–H groups in total. The minimum absolute atomic E-state index is 0.205. The predicted molar refractivity (Wildman–Crippen MR) is 525 cm³/mol. The molecular weight excluding hydrogens is 1480 g/mol. The lowest BCUT2D eigenvalue weighted by Gasteiger charge is -2.46. The van der Waals surface area contributed by atoms with Gasteiger partial charge < -0.3 is 18.9 Å². The molecule has 2 aromatic heterocycles. The first kappa shape index (κ1) is 74.5. The Labute approximate surface area is 721 Å². The van der Waals surface area contributed by atoms with Gasteiger partial charge in [0.05, 0.1) is 33.4 Å². The normalized spacial score (nSPS) is 12.5. The Morgan fingerprint density at radius 1 is 0.211 bits per heavy atom. The average Bonchev–Trinajstić information content (AvgIpc) is 1.02. The van der Waals surface area contributed by atoms with Crippen LogP contribution in [-0.4, -0.2) is 15.8 Å². The minimum atomic E-state index is -0.324. The molecule has 2 aliphatic heterocycles. The molecule has 0 atom stereocenters. The molecule has 4 heterocycles. The lowest BCUT2D eigenvalue weighted by molar-refractivity contribution is 0.569. The van der Waals surface area contributed by atoms with Crippen molar-refractivity contribution in [3.63, 3.8) is 0 Å². The van der Waals surface area contributed by atoms with E-state index in [0.717, 1.165) is 157 Å². The van der Waals surface area contributed by atoms with E-state index in [-0.39, 0.29) is 17.5 Å². The molecule has 22 rings (SSSR count). The summed E-state index contributed by atoms with van der Waals surface area (Å²) in [5.74, 6) is 0. The minimum Gasteiger partial charge on any atom is -0.310 e. The Morgan fingerprint density at radius 2 is 0.488 bits per heavy atom. The Kier molecular flexibility index (Phi) is 17.9. The van der Waals surface area contributed by atoms with E-state index in [0.29, 0.717) is 0 Å². The summed E-state index contributed by atoms with van der Waals surface area (Å²) < 4.78 is 5.03. The smallest absolute Gasteiger partial charge is 0.252 e. The zero-order valence-corrected chi connectivity index (χ0v) is 70.5. The molecule has 586 valence electrons. The standard InChI is InChI=1S/C118H91BN4/c1-76-61-100(80-37-17-11-18-38-80)115(102(63-76)88-47-31-45-86(67-88)84-43-29-41-82(65-84)78-33-13-9-14-34-78)122-110-74-94(120-106-53-25-21-49-96(106)97-50-22-26-54-107(97)120)57-59-104(110)119-105-60-58-95(121-108-55-27-23-51-98(108)99-52-24-28-56-109(99)121)75-111(105)123(113-72-91(71-112(122)114(113)119)90-69-92(117(3,4)5)73-93(70-90)118(6,7)8)116-101(81-39-19-12-20-40-81)62-77(2)64-103(116)89-48-32-46-87(68-89)85-44-30-42-83(66-85)79-35-15-10-16-36-79/h9-75H,1-8H3. The highest BCUT2D eigenvalue weighted by Crippen LogP contribution is 2.56. The van der Waals surface area contributed by atoms with Crippen LogP contribution in [0.4, 0.5) is 34.1 Å². The number of aryl methyl sites for hydroxylation is 2. The third-order valence-corrected chi connectivity index (χ3v) is 25.8. The van der Waals surface area contributed by atoms with Crippen molar-refractivity contribution in [3.05, 3.63) is 429 Å². The maximum Gasteiger partial charge on any atom is 0.252 e. The van der Waals surface area contributed by atoms with E-state index in [1.807, 2.05) is 0 Å². The van der Waals surface area contributed by atoms with Crippen LogP contribution in [0.1, 0.15) is 63.8 Å². The van der Waals surface area contributed by atoms with Gasteiger partial charge in [0.2, 0.25) is 0 Å². The van der Waals surface area contributed by atoms with Crippen LogP contribution >= 0.6 is 0 Å². The maximum absolute atomic E-state index is 2.75. The lowest BCUT2D eigenvalue weighted by Crippen LogP contribution is -2.61. The van der Waals surface area contributed by atoms with Crippen LogP contribution in [0, 0.1) is 13.8 Å². The van der Waals surface area contributed by atoms with Gasteiger partial charge in [-0.3, -0.25) is 0 Å². The zero-order valence-electron chi connectivity index (χ0n) is 70.5. The molecule has 2 aliphatic rings. The summed E-state index contributed by atoms with van der Waals surface area (Å²) >= 11 is 0. The fourth-order valence-electron chi connectivity index (χ4n) is 19.9. The van der Waals surface area contributed by atoms with Gasteiger partial charge in [-0.05, 0) is 250 Å². The SMILES string of the molecule is Cc1cc(-c2ccccc2)c(N2c3cc(-n4c5ccccc5c5ccccc54)ccc3B3c4ccc(-n5c6ccccc6c6ccccc65)cc4N(c4c(-c5ccccc5)cc(C)cc4-c4cccc(-c5cccc(-c6ccccc6)c5)c4)c4cc(-c5cc(C(C)(C)C)cc(C(C)(C)C)c5)cc2c43)c(-c2cccc(-c3cccc(-c4ccccc4)c3)c2)c1. The Bertz CT molecular complexity index is 7050. The number of hydrogen-bond acceptors (Lipinski definition) is 2. The topological polar surface area (TPSA) is 16.3 Å². The van der Waals surface area contributed by atoms with Crippen LogP contribution < -0.4 is 26.2 Å². The van der Waals surface area contributed by atoms with Crippen molar-refractivity contribution < 1.29 is 0 Å². The molecule has 0 spiro atoms. The van der Waals surface area contributed by atoms with Gasteiger partial charge in [0.25, 0.3) is 6.71 Å². The van der Waals surface area contributed by atoms with E-state index in [1.165, 1.54) is 71.3 Å². The van der Waals surface area contributed by atoms with Crippen molar-refractivity contribution in [2.45, 2.75) is 66.2 Å². The van der Waals surface area contributed by atoms with Crippen molar-refractivity contribution in [1.82, 2.24) is 9.13 Å². The zero-order chi connectivity index (χ0) is 82.9. The highest BCUT2D eigenvalue weighted by molar-refractivity contribution is 7.00. The first-order valence-electron chi connectivity index (χ1n) is 43.2. The van der Waals surface area contributed by atoms with Gasteiger partial charge in [0.1, 0.15) is 0 Å². The van der Waals surface area contributed by atoms with Crippen LogP contribution in [0.3, 0.4) is 0 Å². The van der Waals surface area contributed by atoms with E-state index in [2.05, 4.69) is 481 Å². The highest BCUT2D eigenvalue weighted by Gasteiger charge is 2.46. The van der Waals surface area contributed by atoms with Crippen molar-refractivity contribution in [2.75, 3.05) is 9.80 Å². The molecule has 0 amide bonds. The summed E-state index contributed by atoms with van der Waals surface area (Å²) in [6.07, 6.45) is 0. The molecule has 18 aromatic carbocycles. The van der Waals surface area contributed by atoms with Gasteiger partial charge in [-0.1, -0.05) is 339 Å². The third-order valence-electron chi connectivity index (χ3n) is 25.8. The first-order chi connectivity index (χ1) is 60.1. The average molecular weight is 1580 g/mol. The number of fused-ring (bicyclic) bond motifs is 10. The maximum atomic E-state index is 2.75. The monoisotopic (exact) mass is 1570 g/mol. The summed E-state index contributed by atoms with van der Waals surface area (Å²) in [6, 6.07) is 154. The van der Waals surface area contributed by atoms with E-state index < -0.39 is 0 Å². The molecule has 0 unspecified atom stereocenters. The van der Waals surface area contributed by atoms with Crippen molar-refractivity contribution in [1.29, 1.82) is 0 Å². The quantitative estimate of drug-likeness (QED) is 0.107. The van der Waals surface area contributed by atoms with E-state index in [9.17, 15) is 0 Å². The molecule has 20 aromatic rings. The van der Waals surface area contributed by atoms with Crippen molar-refractivity contribution in [2.24, 2.45) is 0 Å². The number of para-hydroxylation sites is 4. The van der Waals surface area contributed by atoms with Crippen LogP contribution in [0.25, 0.3) is 155 Å². The summed E-state index contributed by atoms with van der Waals surface area (Å²) in [7, 11) is 0. The van der Waals surface area contributed by atoms with E-state index >= 15 is 0 Å². The number of anilines is 6. The summed E-state index contributed by atoms with van der Waals surface area (Å²) in [5, 5.41) is 4.85.